The van der Waals surface area contributed by atoms with E-state index in [9.17, 15) is 0 Å². The summed E-state index contributed by atoms with van der Waals surface area (Å²) in [5, 5.41) is 0. The van der Waals surface area contributed by atoms with E-state index in [0.717, 1.165) is 23.5 Å². The van der Waals surface area contributed by atoms with Crippen LogP contribution in [-0.2, 0) is 11.2 Å². The second-order valence-corrected chi connectivity index (χ2v) is 4.67. The second kappa shape index (κ2) is 5.55. The van der Waals surface area contributed by atoms with Crippen molar-refractivity contribution in [2.75, 3.05) is 7.11 Å². The van der Waals surface area contributed by atoms with Gasteiger partial charge in [0.05, 0.1) is 0 Å². The molecule has 0 saturated carbocycles. The quantitative estimate of drug-likeness (QED) is 0.820. The Morgan fingerprint density at radius 1 is 1.44 bits per heavy atom. The van der Waals surface area contributed by atoms with Crippen LogP contribution < -0.4 is 0 Å². The minimum absolute atomic E-state index is 0.0207. The van der Waals surface area contributed by atoms with E-state index in [1.54, 1.807) is 7.11 Å². The van der Waals surface area contributed by atoms with Crippen LogP contribution in [0, 0.1) is 17.5 Å². The first kappa shape index (κ1) is 13.3. The van der Waals surface area contributed by atoms with Crippen LogP contribution >= 0.6 is 12.2 Å². The van der Waals surface area contributed by atoms with E-state index < -0.39 is 0 Å². The molecule has 0 bridgehead atoms. The molecule has 16 heavy (non-hydrogen) atoms. The zero-order valence-electron chi connectivity index (χ0n) is 10.6. The van der Waals surface area contributed by atoms with Gasteiger partial charge < -0.3 is 9.72 Å². The molecule has 0 saturated heterocycles. The molecule has 1 aromatic heterocycles. The molecule has 1 rings (SSSR count). The van der Waals surface area contributed by atoms with E-state index >= 15 is 0 Å². The maximum atomic E-state index is 5.45. The number of H-pyrrole nitrogens is 1. The van der Waals surface area contributed by atoms with Crippen LogP contribution in [0.3, 0.4) is 0 Å². The highest BCUT2D eigenvalue weighted by Crippen LogP contribution is 2.22. The topological polar surface area (TPSA) is 37.9 Å². The average molecular weight is 240 g/mol. The van der Waals surface area contributed by atoms with Crippen LogP contribution in [-0.4, -0.2) is 17.1 Å². The number of nitrogens with zero attached hydrogens (tertiary/aromatic N) is 1. The number of rotatable bonds is 4. The van der Waals surface area contributed by atoms with E-state index in [4.69, 9.17) is 17.0 Å². The molecular weight excluding hydrogens is 220 g/mol. The Morgan fingerprint density at radius 2 is 2.06 bits per heavy atom. The van der Waals surface area contributed by atoms with E-state index in [2.05, 4.69) is 30.7 Å². The van der Waals surface area contributed by atoms with Crippen molar-refractivity contribution in [3.05, 3.63) is 21.7 Å². The van der Waals surface area contributed by atoms with Gasteiger partial charge >= 0.3 is 0 Å². The number of hydrogen-bond acceptors (Lipinski definition) is 3. The molecule has 1 unspecified atom stereocenters. The monoisotopic (exact) mass is 240 g/mol. The average Bonchev–Trinajstić information content (AvgIpc) is 2.23. The first-order chi connectivity index (χ1) is 7.51. The van der Waals surface area contributed by atoms with Crippen molar-refractivity contribution in [1.82, 2.24) is 9.97 Å². The van der Waals surface area contributed by atoms with Gasteiger partial charge in [-0.15, -0.1) is 0 Å². The Kier molecular flexibility index (Phi) is 4.62. The lowest BCUT2D eigenvalue weighted by Crippen LogP contribution is -2.14. The number of nitrogens with one attached hydrogen (secondary N) is 1. The van der Waals surface area contributed by atoms with E-state index in [1.165, 1.54) is 0 Å². The van der Waals surface area contributed by atoms with Gasteiger partial charge in [0.2, 0.25) is 0 Å². The number of methoxy groups -OCH3 is 1. The first-order valence-corrected chi connectivity index (χ1v) is 6.04. The number of aryl methyl sites for hydroxylation is 1. The third kappa shape index (κ3) is 2.68. The summed E-state index contributed by atoms with van der Waals surface area (Å²) in [7, 11) is 1.70. The van der Waals surface area contributed by atoms with Gasteiger partial charge in [0.15, 0.2) is 0 Å². The van der Waals surface area contributed by atoms with Gasteiger partial charge in [-0.1, -0.05) is 33.0 Å². The molecule has 4 heteroatoms. The van der Waals surface area contributed by atoms with Gasteiger partial charge in [-0.25, -0.2) is 4.98 Å². The largest absolute Gasteiger partial charge is 0.373 e. The molecule has 0 aliphatic heterocycles. The summed E-state index contributed by atoms with van der Waals surface area (Å²) in [6, 6.07) is 0. The molecule has 0 aromatic carbocycles. The lowest BCUT2D eigenvalue weighted by molar-refractivity contribution is 0.0571. The summed E-state index contributed by atoms with van der Waals surface area (Å²) in [5.74, 6) is 1.21. The summed E-state index contributed by atoms with van der Waals surface area (Å²) in [5.41, 5.74) is 2.22. The minimum atomic E-state index is -0.0207. The first-order valence-electron chi connectivity index (χ1n) is 5.63. The van der Waals surface area contributed by atoms with E-state index in [1.807, 2.05) is 6.92 Å². The van der Waals surface area contributed by atoms with Crippen molar-refractivity contribution in [3.8, 4) is 0 Å². The zero-order chi connectivity index (χ0) is 12.3. The van der Waals surface area contributed by atoms with Crippen LogP contribution in [0.1, 0.15) is 44.0 Å². The van der Waals surface area contributed by atoms with Crippen LogP contribution in [0.25, 0.3) is 0 Å². The van der Waals surface area contributed by atoms with Crippen LogP contribution in [0.5, 0.6) is 0 Å². The van der Waals surface area contributed by atoms with Gasteiger partial charge in [0, 0.05) is 18.4 Å². The Bertz CT molecular complexity index is 412. The van der Waals surface area contributed by atoms with Crippen molar-refractivity contribution in [2.24, 2.45) is 5.92 Å². The summed E-state index contributed by atoms with van der Waals surface area (Å²) in [6.45, 7) is 8.33. The highest BCUT2D eigenvalue weighted by atomic mass is 32.1. The normalized spacial score (nSPS) is 13.1. The molecule has 90 valence electrons. The molecule has 3 nitrogen and oxygen atoms in total. The van der Waals surface area contributed by atoms with Crippen LogP contribution in [0.2, 0.25) is 0 Å². The molecule has 0 aliphatic carbocycles. The fourth-order valence-corrected chi connectivity index (χ4v) is 2.01. The second-order valence-electron chi connectivity index (χ2n) is 4.28. The van der Waals surface area contributed by atoms with Crippen molar-refractivity contribution in [1.29, 1.82) is 0 Å². The smallest absolute Gasteiger partial charge is 0.137 e. The predicted molar refractivity (Wildman–Crippen MR) is 68.1 cm³/mol. The summed E-state index contributed by atoms with van der Waals surface area (Å²) >= 11 is 5.26. The Balaban J connectivity index is 3.24. The van der Waals surface area contributed by atoms with Gasteiger partial charge in [-0.05, 0) is 19.3 Å². The van der Waals surface area contributed by atoms with Crippen molar-refractivity contribution >= 4 is 12.2 Å². The summed E-state index contributed by atoms with van der Waals surface area (Å²) < 4.78 is 6.13. The zero-order valence-corrected chi connectivity index (χ0v) is 11.4. The Morgan fingerprint density at radius 3 is 2.50 bits per heavy atom. The standard InChI is InChI=1S/C12H20N2OS/c1-6-9-8(4)12(16)14-11(13-9)10(15-5)7(2)3/h7,10H,6H2,1-5H3,(H,13,14,16). The Labute approximate surface area is 102 Å². The molecule has 0 fully saturated rings. The molecular formula is C12H20N2OS. The van der Waals surface area contributed by atoms with Gasteiger partial charge in [-0.3, -0.25) is 0 Å². The maximum Gasteiger partial charge on any atom is 0.137 e. The van der Waals surface area contributed by atoms with E-state index in [-0.39, 0.29) is 6.10 Å². The molecule has 0 spiro atoms. The lowest BCUT2D eigenvalue weighted by atomic mass is 10.1. The molecule has 0 aliphatic rings. The third-order valence-electron chi connectivity index (χ3n) is 2.76. The number of ether oxygens (including phenoxy) is 1. The molecule has 0 radical (unpaired) electrons. The van der Waals surface area contributed by atoms with Crippen molar-refractivity contribution < 1.29 is 4.74 Å². The minimum Gasteiger partial charge on any atom is -0.373 e. The molecule has 1 aromatic rings. The highest BCUT2D eigenvalue weighted by Gasteiger charge is 2.18. The lowest BCUT2D eigenvalue weighted by Gasteiger charge is -2.19. The molecule has 1 atom stereocenters. The molecule has 1 N–H and O–H groups in total. The highest BCUT2D eigenvalue weighted by molar-refractivity contribution is 7.71. The van der Waals surface area contributed by atoms with Gasteiger partial charge in [-0.2, -0.15) is 0 Å². The number of aromatic nitrogens is 2. The maximum absolute atomic E-state index is 5.45. The molecule has 1 heterocycles. The van der Waals surface area contributed by atoms with Crippen LogP contribution in [0.4, 0.5) is 0 Å². The van der Waals surface area contributed by atoms with Gasteiger partial charge in [0.25, 0.3) is 0 Å². The molecule has 0 amide bonds. The fraction of sp³-hybridized carbons (Fsp3) is 0.667. The third-order valence-corrected chi connectivity index (χ3v) is 3.15. The number of hydrogen-bond donors (Lipinski definition) is 1. The summed E-state index contributed by atoms with van der Waals surface area (Å²) in [6.07, 6.45) is 0.909. The van der Waals surface area contributed by atoms with Crippen molar-refractivity contribution in [2.45, 2.75) is 40.2 Å². The SMILES string of the molecule is CCc1[nH]c(C(OC)C(C)C)nc(=S)c1C. The van der Waals surface area contributed by atoms with Crippen molar-refractivity contribution in [3.63, 3.8) is 0 Å². The Hall–Kier alpha value is -0.740. The number of aromatic amines is 1. The predicted octanol–water partition coefficient (Wildman–Crippen LogP) is 3.35. The van der Waals surface area contributed by atoms with Crippen LogP contribution in [0.15, 0.2) is 0 Å². The van der Waals surface area contributed by atoms with E-state index in [0.29, 0.717) is 10.6 Å². The van der Waals surface area contributed by atoms with Gasteiger partial charge in [0.1, 0.15) is 16.6 Å². The summed E-state index contributed by atoms with van der Waals surface area (Å²) in [4.78, 5) is 7.74. The fourth-order valence-electron chi connectivity index (χ4n) is 1.79.